The zero-order chi connectivity index (χ0) is 16.3. The Morgan fingerprint density at radius 3 is 2.64 bits per heavy atom. The first-order chi connectivity index (χ1) is 10.4. The molecule has 1 amide bonds. The number of rotatable bonds is 5. The van der Waals surface area contributed by atoms with Crippen molar-refractivity contribution in [2.45, 2.75) is 26.8 Å². The Hall–Kier alpha value is -2.08. The third-order valence-corrected chi connectivity index (χ3v) is 3.83. The van der Waals surface area contributed by atoms with Gasteiger partial charge in [-0.1, -0.05) is 22.0 Å². The van der Waals surface area contributed by atoms with E-state index in [9.17, 15) is 9.59 Å². The van der Waals surface area contributed by atoms with E-state index >= 15 is 0 Å². The molecule has 6 heteroatoms. The fraction of sp³-hybridized carbons (Fsp3) is 0.250. The number of hydrogen-bond acceptors (Lipinski definition) is 3. The van der Waals surface area contributed by atoms with Crippen LogP contribution in [0.4, 0.5) is 0 Å². The van der Waals surface area contributed by atoms with Crippen molar-refractivity contribution in [2.75, 3.05) is 0 Å². The van der Waals surface area contributed by atoms with Crippen LogP contribution in [-0.2, 0) is 17.8 Å². The molecule has 1 heterocycles. The number of hydrogen-bond donors (Lipinski definition) is 2. The van der Waals surface area contributed by atoms with Crippen LogP contribution in [0.15, 0.2) is 33.4 Å². The van der Waals surface area contributed by atoms with Gasteiger partial charge in [0.1, 0.15) is 12.2 Å². The molecule has 0 saturated heterocycles. The van der Waals surface area contributed by atoms with Crippen molar-refractivity contribution >= 4 is 27.8 Å². The second-order valence-corrected chi connectivity index (χ2v) is 5.96. The first-order valence-corrected chi connectivity index (χ1v) is 7.49. The number of carboxylic acid groups (broad SMARTS) is 1. The van der Waals surface area contributed by atoms with Gasteiger partial charge >= 0.3 is 5.97 Å². The maximum absolute atomic E-state index is 12.3. The third kappa shape index (κ3) is 3.76. The topological polar surface area (TPSA) is 79.5 Å². The van der Waals surface area contributed by atoms with Gasteiger partial charge in [0.05, 0.1) is 11.8 Å². The van der Waals surface area contributed by atoms with Crippen molar-refractivity contribution in [2.24, 2.45) is 0 Å². The van der Waals surface area contributed by atoms with E-state index in [1.54, 1.807) is 6.92 Å². The summed E-state index contributed by atoms with van der Waals surface area (Å²) in [6.45, 7) is 4.05. The van der Waals surface area contributed by atoms with Gasteiger partial charge in [0.15, 0.2) is 0 Å². The maximum atomic E-state index is 12.3. The fourth-order valence-electron chi connectivity index (χ4n) is 2.19. The highest BCUT2D eigenvalue weighted by atomic mass is 79.9. The Balaban J connectivity index is 2.12. The minimum Gasteiger partial charge on any atom is -0.481 e. The van der Waals surface area contributed by atoms with Gasteiger partial charge in [-0.15, -0.1) is 0 Å². The number of aliphatic carboxylic acids is 1. The second-order valence-electron chi connectivity index (χ2n) is 5.04. The van der Waals surface area contributed by atoms with E-state index in [-0.39, 0.29) is 18.1 Å². The van der Waals surface area contributed by atoms with Crippen molar-refractivity contribution in [1.29, 1.82) is 0 Å². The Morgan fingerprint density at radius 2 is 2.00 bits per heavy atom. The zero-order valence-corrected chi connectivity index (χ0v) is 13.9. The maximum Gasteiger partial charge on any atom is 0.311 e. The van der Waals surface area contributed by atoms with Crippen molar-refractivity contribution in [3.63, 3.8) is 0 Å². The summed E-state index contributed by atoms with van der Waals surface area (Å²) >= 11 is 3.39. The predicted octanol–water partition coefficient (Wildman–Crippen LogP) is 3.22. The van der Waals surface area contributed by atoms with Crippen molar-refractivity contribution in [1.82, 2.24) is 5.32 Å². The molecule has 0 bridgehead atoms. The van der Waals surface area contributed by atoms with Crippen molar-refractivity contribution < 1.29 is 19.1 Å². The van der Waals surface area contributed by atoms with Crippen LogP contribution in [0.1, 0.15) is 32.8 Å². The zero-order valence-electron chi connectivity index (χ0n) is 12.3. The van der Waals surface area contributed by atoms with Crippen molar-refractivity contribution in [3.8, 4) is 0 Å². The molecule has 1 aromatic carbocycles. The summed E-state index contributed by atoms with van der Waals surface area (Å²) in [6.07, 6.45) is 1.09. The van der Waals surface area contributed by atoms with E-state index in [4.69, 9.17) is 9.52 Å². The summed E-state index contributed by atoms with van der Waals surface area (Å²) < 4.78 is 6.15. The second kappa shape index (κ2) is 6.79. The molecular formula is C16H16BrNO4. The van der Waals surface area contributed by atoms with E-state index < -0.39 is 5.97 Å². The normalized spacial score (nSPS) is 10.5. The largest absolute Gasteiger partial charge is 0.481 e. The number of benzene rings is 1. The van der Waals surface area contributed by atoms with E-state index in [1.165, 1.54) is 6.26 Å². The van der Waals surface area contributed by atoms with Gasteiger partial charge in [-0.3, -0.25) is 9.59 Å². The lowest BCUT2D eigenvalue weighted by molar-refractivity contribution is -0.136. The highest BCUT2D eigenvalue weighted by Gasteiger charge is 2.20. The Morgan fingerprint density at radius 1 is 1.27 bits per heavy atom. The van der Waals surface area contributed by atoms with Crippen molar-refractivity contribution in [3.05, 3.63) is 56.9 Å². The number of nitrogens with one attached hydrogen (secondary N) is 1. The number of amides is 1. The van der Waals surface area contributed by atoms with Crippen LogP contribution >= 0.6 is 15.9 Å². The number of halogens is 1. The van der Waals surface area contributed by atoms with Gasteiger partial charge in [-0.2, -0.15) is 0 Å². The summed E-state index contributed by atoms with van der Waals surface area (Å²) in [5.41, 5.74) is 2.99. The molecule has 0 aliphatic rings. The lowest BCUT2D eigenvalue weighted by atomic mass is 10.1. The summed E-state index contributed by atoms with van der Waals surface area (Å²) in [5.74, 6) is -1.19. The van der Waals surface area contributed by atoms with Gasteiger partial charge < -0.3 is 14.8 Å². The van der Waals surface area contributed by atoms with Crippen LogP contribution in [0, 0.1) is 13.8 Å². The van der Waals surface area contributed by atoms with Crippen LogP contribution in [0.25, 0.3) is 0 Å². The molecule has 0 fully saturated rings. The van der Waals surface area contributed by atoms with E-state index in [0.717, 1.165) is 15.6 Å². The molecular weight excluding hydrogens is 350 g/mol. The van der Waals surface area contributed by atoms with E-state index in [2.05, 4.69) is 21.2 Å². The SMILES string of the molecule is Cc1cc(Br)ccc1CNC(=O)c1c(C)coc1CC(=O)O. The summed E-state index contributed by atoms with van der Waals surface area (Å²) in [5, 5.41) is 11.7. The first-order valence-electron chi connectivity index (χ1n) is 6.70. The van der Waals surface area contributed by atoms with E-state index in [0.29, 0.717) is 17.7 Å². The smallest absolute Gasteiger partial charge is 0.311 e. The lowest BCUT2D eigenvalue weighted by Crippen LogP contribution is -2.24. The van der Waals surface area contributed by atoms with Crippen LogP contribution in [-0.4, -0.2) is 17.0 Å². The number of carbonyl (C=O) groups excluding carboxylic acids is 1. The number of furan rings is 1. The highest BCUT2D eigenvalue weighted by molar-refractivity contribution is 9.10. The number of aryl methyl sites for hydroxylation is 2. The van der Waals surface area contributed by atoms with Gasteiger partial charge in [-0.05, 0) is 37.1 Å². The molecule has 0 aliphatic carbocycles. The Kier molecular flexibility index (Phi) is 5.03. The van der Waals surface area contributed by atoms with Gasteiger partial charge in [0.2, 0.25) is 0 Å². The molecule has 1 aromatic heterocycles. The van der Waals surface area contributed by atoms with Crippen LogP contribution in [0.5, 0.6) is 0 Å². The molecule has 5 nitrogen and oxygen atoms in total. The highest BCUT2D eigenvalue weighted by Crippen LogP contribution is 2.19. The number of carbonyl (C=O) groups is 2. The summed E-state index contributed by atoms with van der Waals surface area (Å²) in [4.78, 5) is 23.1. The summed E-state index contributed by atoms with van der Waals surface area (Å²) in [7, 11) is 0. The van der Waals surface area contributed by atoms with Crippen LogP contribution in [0.2, 0.25) is 0 Å². The Labute approximate surface area is 136 Å². The molecule has 2 N–H and O–H groups in total. The van der Waals surface area contributed by atoms with Gasteiger partial charge in [-0.25, -0.2) is 0 Å². The minimum atomic E-state index is -1.04. The molecule has 0 unspecified atom stereocenters. The first kappa shape index (κ1) is 16.3. The minimum absolute atomic E-state index is 0.176. The molecule has 116 valence electrons. The molecule has 0 spiro atoms. The predicted molar refractivity (Wildman–Crippen MR) is 84.8 cm³/mol. The molecule has 0 saturated carbocycles. The molecule has 2 rings (SSSR count). The molecule has 0 aliphatic heterocycles. The average molecular weight is 366 g/mol. The van der Waals surface area contributed by atoms with Gasteiger partial charge in [0.25, 0.3) is 5.91 Å². The van der Waals surface area contributed by atoms with Gasteiger partial charge in [0, 0.05) is 16.6 Å². The van der Waals surface area contributed by atoms with E-state index in [1.807, 2.05) is 25.1 Å². The molecule has 22 heavy (non-hydrogen) atoms. The lowest BCUT2D eigenvalue weighted by Gasteiger charge is -2.09. The standard InChI is InChI=1S/C16H16BrNO4/c1-9-5-12(17)4-3-11(9)7-18-16(21)15-10(2)8-22-13(15)6-14(19)20/h3-5,8H,6-7H2,1-2H3,(H,18,21)(H,19,20). The van der Waals surface area contributed by atoms with Crippen LogP contribution < -0.4 is 5.32 Å². The summed E-state index contributed by atoms with van der Waals surface area (Å²) in [6, 6.07) is 5.81. The third-order valence-electron chi connectivity index (χ3n) is 3.33. The quantitative estimate of drug-likeness (QED) is 0.852. The number of carboxylic acids is 1. The molecule has 0 radical (unpaired) electrons. The fourth-order valence-corrected chi connectivity index (χ4v) is 2.67. The Bertz CT molecular complexity index is 721. The molecule has 2 aromatic rings. The monoisotopic (exact) mass is 365 g/mol. The average Bonchev–Trinajstić information content (AvgIpc) is 2.77. The molecule has 0 atom stereocenters. The van der Waals surface area contributed by atoms with Crippen LogP contribution in [0.3, 0.4) is 0 Å².